The van der Waals surface area contributed by atoms with Gasteiger partial charge in [0, 0.05) is 38.9 Å². The smallest absolute Gasteiger partial charge is 0.0593 e. The summed E-state index contributed by atoms with van der Waals surface area (Å²) in [5.74, 6) is 0.660. The standard InChI is InChI=1S/C14H30N2O2/c1-3-17-10-8-16(9-11-18-4-2)12-13-6-5-7-14(13)15/h13-14H,3-12,15H2,1-2H3. The van der Waals surface area contributed by atoms with Gasteiger partial charge >= 0.3 is 0 Å². The van der Waals surface area contributed by atoms with Crippen LogP contribution in [0.25, 0.3) is 0 Å². The second-order valence-corrected chi connectivity index (χ2v) is 5.05. The lowest BCUT2D eigenvalue weighted by Gasteiger charge is -2.27. The lowest BCUT2D eigenvalue weighted by molar-refractivity contribution is 0.0749. The molecule has 2 atom stereocenters. The minimum atomic E-state index is 0.395. The van der Waals surface area contributed by atoms with Crippen LogP contribution in [0.1, 0.15) is 33.1 Å². The van der Waals surface area contributed by atoms with Crippen LogP contribution in [0.15, 0.2) is 0 Å². The third-order valence-electron chi connectivity index (χ3n) is 3.72. The van der Waals surface area contributed by atoms with Gasteiger partial charge in [-0.05, 0) is 32.6 Å². The molecule has 1 aliphatic carbocycles. The van der Waals surface area contributed by atoms with Gasteiger partial charge in [0.1, 0.15) is 0 Å². The van der Waals surface area contributed by atoms with Gasteiger partial charge in [0.05, 0.1) is 13.2 Å². The van der Waals surface area contributed by atoms with Gasteiger partial charge in [-0.2, -0.15) is 0 Å². The Bertz CT molecular complexity index is 192. The Morgan fingerprint density at radius 2 is 1.67 bits per heavy atom. The molecule has 0 bridgehead atoms. The Morgan fingerprint density at radius 1 is 1.06 bits per heavy atom. The first-order valence-electron chi connectivity index (χ1n) is 7.41. The minimum absolute atomic E-state index is 0.395. The molecule has 0 aromatic rings. The summed E-state index contributed by atoms with van der Waals surface area (Å²) in [4.78, 5) is 2.45. The highest BCUT2D eigenvalue weighted by molar-refractivity contribution is 4.82. The fourth-order valence-electron chi connectivity index (χ4n) is 2.59. The summed E-state index contributed by atoms with van der Waals surface area (Å²) >= 11 is 0. The number of hydrogen-bond donors (Lipinski definition) is 1. The van der Waals surface area contributed by atoms with Crippen molar-refractivity contribution in [3.05, 3.63) is 0 Å². The average Bonchev–Trinajstić information content (AvgIpc) is 2.75. The van der Waals surface area contributed by atoms with Gasteiger partial charge in [-0.15, -0.1) is 0 Å². The van der Waals surface area contributed by atoms with Crippen molar-refractivity contribution >= 4 is 0 Å². The lowest BCUT2D eigenvalue weighted by atomic mass is 10.0. The molecule has 108 valence electrons. The fraction of sp³-hybridized carbons (Fsp3) is 1.00. The van der Waals surface area contributed by atoms with Crippen LogP contribution in [-0.4, -0.2) is 57.0 Å². The van der Waals surface area contributed by atoms with Gasteiger partial charge in [-0.1, -0.05) is 6.42 Å². The van der Waals surface area contributed by atoms with E-state index in [1.165, 1.54) is 19.3 Å². The molecular formula is C14H30N2O2. The maximum absolute atomic E-state index is 6.15. The van der Waals surface area contributed by atoms with E-state index in [0.29, 0.717) is 12.0 Å². The van der Waals surface area contributed by atoms with Crippen molar-refractivity contribution in [2.45, 2.75) is 39.2 Å². The van der Waals surface area contributed by atoms with Gasteiger partial charge in [-0.3, -0.25) is 4.90 Å². The molecule has 4 nitrogen and oxygen atoms in total. The van der Waals surface area contributed by atoms with Crippen molar-refractivity contribution in [1.29, 1.82) is 0 Å². The molecule has 0 aromatic carbocycles. The van der Waals surface area contributed by atoms with E-state index >= 15 is 0 Å². The summed E-state index contributed by atoms with van der Waals surface area (Å²) in [6, 6.07) is 0.395. The van der Waals surface area contributed by atoms with Crippen LogP contribution < -0.4 is 5.73 Å². The predicted molar refractivity (Wildman–Crippen MR) is 74.7 cm³/mol. The Kier molecular flexibility index (Phi) is 8.59. The molecule has 2 unspecified atom stereocenters. The minimum Gasteiger partial charge on any atom is -0.380 e. The lowest BCUT2D eigenvalue weighted by Crippen LogP contribution is -2.39. The van der Waals surface area contributed by atoms with Crippen LogP contribution >= 0.6 is 0 Å². The molecule has 0 aromatic heterocycles. The van der Waals surface area contributed by atoms with Gasteiger partial charge in [-0.25, -0.2) is 0 Å². The molecule has 0 radical (unpaired) electrons. The van der Waals surface area contributed by atoms with Crippen molar-refractivity contribution < 1.29 is 9.47 Å². The van der Waals surface area contributed by atoms with E-state index in [1.807, 2.05) is 13.8 Å². The predicted octanol–water partition coefficient (Wildman–Crippen LogP) is 1.49. The van der Waals surface area contributed by atoms with Gasteiger partial charge in [0.15, 0.2) is 0 Å². The topological polar surface area (TPSA) is 47.7 Å². The van der Waals surface area contributed by atoms with Gasteiger partial charge < -0.3 is 15.2 Å². The van der Waals surface area contributed by atoms with E-state index in [0.717, 1.165) is 46.1 Å². The summed E-state index contributed by atoms with van der Waals surface area (Å²) in [6.07, 6.45) is 3.76. The third-order valence-corrected chi connectivity index (χ3v) is 3.72. The number of rotatable bonds is 10. The van der Waals surface area contributed by atoms with E-state index in [1.54, 1.807) is 0 Å². The molecule has 4 heteroatoms. The second kappa shape index (κ2) is 9.73. The molecule has 18 heavy (non-hydrogen) atoms. The van der Waals surface area contributed by atoms with Gasteiger partial charge in [0.25, 0.3) is 0 Å². The summed E-state index contributed by atoms with van der Waals surface area (Å²) in [7, 11) is 0. The largest absolute Gasteiger partial charge is 0.380 e. The normalized spacial score (nSPS) is 24.0. The Morgan fingerprint density at radius 3 is 2.11 bits per heavy atom. The molecule has 1 saturated carbocycles. The van der Waals surface area contributed by atoms with E-state index in [2.05, 4.69) is 4.90 Å². The zero-order valence-electron chi connectivity index (χ0n) is 12.1. The Balaban J connectivity index is 2.27. The molecule has 2 N–H and O–H groups in total. The molecule has 0 spiro atoms. The number of ether oxygens (including phenoxy) is 2. The zero-order valence-corrected chi connectivity index (χ0v) is 12.1. The van der Waals surface area contributed by atoms with Gasteiger partial charge in [0.2, 0.25) is 0 Å². The quantitative estimate of drug-likeness (QED) is 0.603. The van der Waals surface area contributed by atoms with Crippen molar-refractivity contribution in [2.24, 2.45) is 11.7 Å². The molecule has 0 amide bonds. The average molecular weight is 258 g/mol. The fourth-order valence-corrected chi connectivity index (χ4v) is 2.59. The zero-order chi connectivity index (χ0) is 13.2. The van der Waals surface area contributed by atoms with E-state index < -0.39 is 0 Å². The van der Waals surface area contributed by atoms with Crippen LogP contribution in [0.4, 0.5) is 0 Å². The monoisotopic (exact) mass is 258 g/mol. The van der Waals surface area contributed by atoms with E-state index in [9.17, 15) is 0 Å². The second-order valence-electron chi connectivity index (χ2n) is 5.05. The number of nitrogens with two attached hydrogens (primary N) is 1. The number of nitrogens with zero attached hydrogens (tertiary/aromatic N) is 1. The molecule has 0 heterocycles. The van der Waals surface area contributed by atoms with Crippen molar-refractivity contribution in [3.8, 4) is 0 Å². The SMILES string of the molecule is CCOCCN(CCOCC)CC1CCCC1N. The van der Waals surface area contributed by atoms with Crippen molar-refractivity contribution in [3.63, 3.8) is 0 Å². The first-order chi connectivity index (χ1) is 8.77. The summed E-state index contributed by atoms with van der Waals surface area (Å²) < 4.78 is 10.9. The van der Waals surface area contributed by atoms with Crippen molar-refractivity contribution in [2.75, 3.05) is 46.1 Å². The summed E-state index contributed by atoms with van der Waals surface area (Å²) in [5, 5.41) is 0. The molecule has 1 aliphatic rings. The van der Waals surface area contributed by atoms with Crippen LogP contribution in [0, 0.1) is 5.92 Å². The van der Waals surface area contributed by atoms with Crippen LogP contribution in [0.3, 0.4) is 0 Å². The maximum Gasteiger partial charge on any atom is 0.0593 e. The van der Waals surface area contributed by atoms with Crippen LogP contribution in [0.2, 0.25) is 0 Å². The first kappa shape index (κ1) is 15.9. The van der Waals surface area contributed by atoms with Crippen LogP contribution in [0.5, 0.6) is 0 Å². The van der Waals surface area contributed by atoms with Crippen LogP contribution in [-0.2, 0) is 9.47 Å². The molecule has 1 rings (SSSR count). The molecule has 1 fully saturated rings. The Labute approximate surface area is 112 Å². The molecule has 0 saturated heterocycles. The maximum atomic E-state index is 6.15. The van der Waals surface area contributed by atoms with E-state index in [-0.39, 0.29) is 0 Å². The van der Waals surface area contributed by atoms with Crippen molar-refractivity contribution in [1.82, 2.24) is 4.90 Å². The van der Waals surface area contributed by atoms with E-state index in [4.69, 9.17) is 15.2 Å². The Hall–Kier alpha value is -0.160. The number of hydrogen-bond acceptors (Lipinski definition) is 4. The highest BCUT2D eigenvalue weighted by atomic mass is 16.5. The molecular weight excluding hydrogens is 228 g/mol. The summed E-state index contributed by atoms with van der Waals surface area (Å²) in [5.41, 5.74) is 6.15. The first-order valence-corrected chi connectivity index (χ1v) is 7.41. The molecule has 0 aliphatic heterocycles. The third kappa shape index (κ3) is 6.14. The highest BCUT2D eigenvalue weighted by Gasteiger charge is 2.25. The summed E-state index contributed by atoms with van der Waals surface area (Å²) in [6.45, 7) is 10.4. The highest BCUT2D eigenvalue weighted by Crippen LogP contribution is 2.24.